The zero-order valence-corrected chi connectivity index (χ0v) is 14.2. The molecule has 0 spiro atoms. The summed E-state index contributed by atoms with van der Waals surface area (Å²) in [5.74, 6) is 0.640. The molecule has 0 aliphatic heterocycles. The maximum absolute atomic E-state index is 12.5. The molecule has 1 atom stereocenters. The van der Waals surface area contributed by atoms with E-state index in [0.717, 1.165) is 24.0 Å². The van der Waals surface area contributed by atoms with Gasteiger partial charge in [0.05, 0.1) is 0 Å². The summed E-state index contributed by atoms with van der Waals surface area (Å²) >= 11 is 0. The summed E-state index contributed by atoms with van der Waals surface area (Å²) in [7, 11) is 0. The molecule has 1 aromatic heterocycles. The zero-order valence-electron chi connectivity index (χ0n) is 14.2. The third kappa shape index (κ3) is 3.55. The molecular weight excluding hydrogens is 328 g/mol. The molecule has 0 bridgehead atoms. The van der Waals surface area contributed by atoms with Crippen molar-refractivity contribution in [2.75, 3.05) is 0 Å². The van der Waals surface area contributed by atoms with Crippen molar-refractivity contribution < 1.29 is 14.3 Å². The molecule has 1 N–H and O–H groups in total. The van der Waals surface area contributed by atoms with Gasteiger partial charge in [0.25, 0.3) is 0 Å². The van der Waals surface area contributed by atoms with Crippen molar-refractivity contribution >= 4 is 0 Å². The Balaban J connectivity index is 1.65. The number of aliphatic hydroxyl groups excluding tert-OH is 1. The highest BCUT2D eigenvalue weighted by Gasteiger charge is 2.32. The first-order chi connectivity index (χ1) is 12.7. The van der Waals surface area contributed by atoms with E-state index in [9.17, 15) is 9.90 Å². The summed E-state index contributed by atoms with van der Waals surface area (Å²) in [6.45, 7) is 0. The lowest BCUT2D eigenvalue weighted by molar-refractivity contribution is 0.123. The lowest BCUT2D eigenvalue weighted by Gasteiger charge is -2.19. The van der Waals surface area contributed by atoms with E-state index >= 15 is 0 Å². The van der Waals surface area contributed by atoms with Crippen LogP contribution in [-0.2, 0) is 0 Å². The Kier molecular flexibility index (Phi) is 4.59. The average Bonchev–Trinajstić information content (AvgIpc) is 3.53. The van der Waals surface area contributed by atoms with E-state index in [2.05, 4.69) is 0 Å². The van der Waals surface area contributed by atoms with Crippen molar-refractivity contribution in [2.24, 2.45) is 5.92 Å². The summed E-state index contributed by atoms with van der Waals surface area (Å²) in [6, 6.07) is 20.8. The SMILES string of the molecule is O=c1cc(C(O)C2CC2)occ1OC(c1ccccc1)c1ccccc1. The van der Waals surface area contributed by atoms with Crippen LogP contribution in [0.15, 0.2) is 82.2 Å². The monoisotopic (exact) mass is 348 g/mol. The summed E-state index contributed by atoms with van der Waals surface area (Å²) in [6.07, 6.45) is 2.11. The van der Waals surface area contributed by atoms with Gasteiger partial charge in [-0.15, -0.1) is 0 Å². The molecular formula is C22H20O4. The normalized spacial score (nSPS) is 15.0. The molecule has 26 heavy (non-hydrogen) atoms. The van der Waals surface area contributed by atoms with Crippen LogP contribution < -0.4 is 10.2 Å². The fourth-order valence-corrected chi connectivity index (χ4v) is 3.01. The van der Waals surface area contributed by atoms with Gasteiger partial charge in [0.2, 0.25) is 11.2 Å². The molecule has 0 amide bonds. The van der Waals surface area contributed by atoms with Crippen LogP contribution in [-0.4, -0.2) is 5.11 Å². The third-order valence-electron chi connectivity index (χ3n) is 4.63. The fraction of sp³-hybridized carbons (Fsp3) is 0.227. The number of ether oxygens (including phenoxy) is 1. The van der Waals surface area contributed by atoms with Crippen molar-refractivity contribution in [3.63, 3.8) is 0 Å². The number of rotatable bonds is 6. The highest BCUT2D eigenvalue weighted by Crippen LogP contribution is 2.40. The Hall–Kier alpha value is -2.85. The maximum Gasteiger partial charge on any atom is 0.227 e. The highest BCUT2D eigenvalue weighted by atomic mass is 16.5. The Labute approximate surface area is 151 Å². The molecule has 4 rings (SSSR count). The van der Waals surface area contributed by atoms with Crippen molar-refractivity contribution in [3.05, 3.63) is 100 Å². The number of aliphatic hydroxyl groups is 1. The molecule has 4 nitrogen and oxygen atoms in total. The van der Waals surface area contributed by atoms with Gasteiger partial charge < -0.3 is 14.3 Å². The van der Waals surface area contributed by atoms with Crippen molar-refractivity contribution in [3.8, 4) is 5.75 Å². The van der Waals surface area contributed by atoms with E-state index in [-0.39, 0.29) is 17.1 Å². The molecule has 1 aliphatic carbocycles. The lowest BCUT2D eigenvalue weighted by atomic mass is 10.0. The van der Waals surface area contributed by atoms with E-state index < -0.39 is 12.2 Å². The smallest absolute Gasteiger partial charge is 0.227 e. The highest BCUT2D eigenvalue weighted by molar-refractivity contribution is 5.32. The second-order valence-corrected chi connectivity index (χ2v) is 6.61. The molecule has 2 aromatic carbocycles. The van der Waals surface area contributed by atoms with Gasteiger partial charge in [0.1, 0.15) is 24.2 Å². The third-order valence-corrected chi connectivity index (χ3v) is 4.63. The summed E-state index contributed by atoms with van der Waals surface area (Å²) < 4.78 is 11.5. The van der Waals surface area contributed by atoms with Crippen LogP contribution in [0.4, 0.5) is 0 Å². The van der Waals surface area contributed by atoms with Crippen molar-refractivity contribution in [1.29, 1.82) is 0 Å². The van der Waals surface area contributed by atoms with Crippen LogP contribution in [0.25, 0.3) is 0 Å². The lowest BCUT2D eigenvalue weighted by Crippen LogP contribution is -2.15. The van der Waals surface area contributed by atoms with E-state index in [0.29, 0.717) is 5.76 Å². The Morgan fingerprint density at radius 3 is 2.04 bits per heavy atom. The van der Waals surface area contributed by atoms with Crippen molar-refractivity contribution in [2.45, 2.75) is 25.0 Å². The van der Waals surface area contributed by atoms with Gasteiger partial charge in [-0.2, -0.15) is 0 Å². The largest absolute Gasteiger partial charge is 0.474 e. The van der Waals surface area contributed by atoms with Gasteiger partial charge in [0.15, 0.2) is 0 Å². The van der Waals surface area contributed by atoms with Crippen LogP contribution >= 0.6 is 0 Å². The van der Waals surface area contributed by atoms with E-state index in [1.54, 1.807) is 0 Å². The Morgan fingerprint density at radius 2 is 1.54 bits per heavy atom. The minimum Gasteiger partial charge on any atom is -0.474 e. The van der Waals surface area contributed by atoms with Gasteiger partial charge in [0, 0.05) is 6.07 Å². The molecule has 1 aliphatic rings. The summed E-state index contributed by atoms with van der Waals surface area (Å²) in [4.78, 5) is 12.5. The molecule has 4 heteroatoms. The van der Waals surface area contributed by atoms with Gasteiger partial charge in [-0.05, 0) is 29.9 Å². The van der Waals surface area contributed by atoms with Gasteiger partial charge >= 0.3 is 0 Å². The Morgan fingerprint density at radius 1 is 0.962 bits per heavy atom. The molecule has 1 heterocycles. The molecule has 0 saturated heterocycles. The average molecular weight is 348 g/mol. The molecule has 1 saturated carbocycles. The van der Waals surface area contributed by atoms with Crippen LogP contribution in [0, 0.1) is 5.92 Å². The van der Waals surface area contributed by atoms with Gasteiger partial charge in [-0.25, -0.2) is 0 Å². The standard InChI is InChI=1S/C22H20O4/c23-18-13-19(21(24)15-11-12-15)25-14-20(18)26-22(16-7-3-1-4-8-16)17-9-5-2-6-10-17/h1-10,13-15,21-22,24H,11-12H2. The van der Waals surface area contributed by atoms with Crippen LogP contribution in [0.1, 0.15) is 41.9 Å². The minimum atomic E-state index is -0.712. The van der Waals surface area contributed by atoms with Gasteiger partial charge in [-0.3, -0.25) is 4.79 Å². The minimum absolute atomic E-state index is 0.134. The molecule has 132 valence electrons. The molecule has 0 radical (unpaired) electrons. The van der Waals surface area contributed by atoms with Crippen LogP contribution in [0.5, 0.6) is 5.75 Å². The topological polar surface area (TPSA) is 59.7 Å². The number of benzene rings is 2. The Bertz CT molecular complexity index is 874. The van der Waals surface area contributed by atoms with E-state index in [1.165, 1.54) is 12.3 Å². The molecule has 1 fully saturated rings. The van der Waals surface area contributed by atoms with Crippen LogP contribution in [0.3, 0.4) is 0 Å². The maximum atomic E-state index is 12.5. The predicted molar refractivity (Wildman–Crippen MR) is 98.0 cm³/mol. The summed E-state index contributed by atoms with van der Waals surface area (Å²) in [5, 5.41) is 10.1. The first-order valence-corrected chi connectivity index (χ1v) is 8.80. The number of hydrogen-bond donors (Lipinski definition) is 1. The number of hydrogen-bond acceptors (Lipinski definition) is 4. The molecule has 3 aromatic rings. The zero-order chi connectivity index (χ0) is 17.9. The predicted octanol–water partition coefficient (Wildman–Crippen LogP) is 4.25. The van der Waals surface area contributed by atoms with Gasteiger partial charge in [-0.1, -0.05) is 60.7 Å². The first-order valence-electron chi connectivity index (χ1n) is 8.80. The van der Waals surface area contributed by atoms with E-state index in [4.69, 9.17) is 9.15 Å². The first kappa shape index (κ1) is 16.6. The van der Waals surface area contributed by atoms with Crippen molar-refractivity contribution in [1.82, 2.24) is 0 Å². The molecule has 1 unspecified atom stereocenters. The van der Waals surface area contributed by atoms with Crippen LogP contribution in [0.2, 0.25) is 0 Å². The fourth-order valence-electron chi connectivity index (χ4n) is 3.01. The second-order valence-electron chi connectivity index (χ2n) is 6.61. The van der Waals surface area contributed by atoms with E-state index in [1.807, 2.05) is 60.7 Å². The summed E-state index contributed by atoms with van der Waals surface area (Å²) in [5.41, 5.74) is 1.60. The second kappa shape index (κ2) is 7.18. The quantitative estimate of drug-likeness (QED) is 0.723.